The normalized spacial score (nSPS) is 10.9. The van der Waals surface area contributed by atoms with Gasteiger partial charge < -0.3 is 14.5 Å². The number of carbonyl (C=O) groups is 1. The van der Waals surface area contributed by atoms with E-state index in [4.69, 9.17) is 9.15 Å². The molecule has 0 spiro atoms. The van der Waals surface area contributed by atoms with Crippen molar-refractivity contribution in [2.24, 2.45) is 0 Å². The zero-order chi connectivity index (χ0) is 18.8. The maximum Gasteiger partial charge on any atom is 0.251 e. The summed E-state index contributed by atoms with van der Waals surface area (Å²) in [6.45, 7) is 0.192. The molecule has 2 heterocycles. The number of hydrogen-bond acceptors (Lipinski definition) is 5. The minimum absolute atomic E-state index is 0.0954. The average Bonchev–Trinajstić information content (AvgIpc) is 3.32. The van der Waals surface area contributed by atoms with Gasteiger partial charge in [0, 0.05) is 5.56 Å². The fourth-order valence-electron chi connectivity index (χ4n) is 2.64. The maximum absolute atomic E-state index is 13.7. The summed E-state index contributed by atoms with van der Waals surface area (Å²) in [6, 6.07) is 15.5. The van der Waals surface area contributed by atoms with Crippen molar-refractivity contribution in [3.63, 3.8) is 0 Å². The molecule has 0 atom stereocenters. The van der Waals surface area contributed by atoms with Crippen LogP contribution in [-0.4, -0.2) is 18.0 Å². The second-order valence-electron chi connectivity index (χ2n) is 5.78. The Morgan fingerprint density at radius 3 is 2.85 bits per heavy atom. The third kappa shape index (κ3) is 3.54. The van der Waals surface area contributed by atoms with Crippen molar-refractivity contribution in [3.05, 3.63) is 71.7 Å². The Morgan fingerprint density at radius 2 is 2.07 bits per heavy atom. The monoisotopic (exact) mass is 382 g/mol. The van der Waals surface area contributed by atoms with Crippen molar-refractivity contribution >= 4 is 27.5 Å². The Morgan fingerprint density at radius 1 is 1.22 bits per heavy atom. The number of fused-ring (bicyclic) bond motifs is 1. The third-order valence-corrected chi connectivity index (χ3v) is 5.05. The third-order valence-electron chi connectivity index (χ3n) is 4.00. The number of nitrogens with zero attached hydrogens (tertiary/aromatic N) is 1. The van der Waals surface area contributed by atoms with Crippen LogP contribution in [0.4, 0.5) is 4.39 Å². The topological polar surface area (TPSA) is 64.4 Å². The Balaban J connectivity index is 1.45. The quantitative estimate of drug-likeness (QED) is 0.546. The standard InChI is InChI=1S/C20H15FN2O3S/c1-25-16-8-6-12(10-14(16)21)19(24)22-11-13-7-9-17(26-13)20-23-15-4-2-3-5-18(15)27-20/h2-10H,11H2,1H3,(H,22,24). The number of amides is 1. The van der Waals surface area contributed by atoms with E-state index >= 15 is 0 Å². The van der Waals surface area contributed by atoms with E-state index in [1.165, 1.54) is 19.2 Å². The van der Waals surface area contributed by atoms with Crippen LogP contribution < -0.4 is 10.1 Å². The SMILES string of the molecule is COc1ccc(C(=O)NCc2ccc(-c3nc4ccccc4s3)o2)cc1F. The molecule has 0 unspecified atom stereocenters. The molecule has 1 amide bonds. The number of carbonyl (C=O) groups excluding carboxylic acids is 1. The molecule has 27 heavy (non-hydrogen) atoms. The van der Waals surface area contributed by atoms with Crippen LogP contribution in [-0.2, 0) is 6.54 Å². The number of nitrogens with one attached hydrogen (secondary N) is 1. The Hall–Kier alpha value is -3.19. The number of benzene rings is 2. The van der Waals surface area contributed by atoms with E-state index in [2.05, 4.69) is 10.3 Å². The summed E-state index contributed by atoms with van der Waals surface area (Å²) >= 11 is 1.54. The maximum atomic E-state index is 13.7. The van der Waals surface area contributed by atoms with Crippen LogP contribution in [0.25, 0.3) is 21.0 Å². The first kappa shape index (κ1) is 17.2. The second kappa shape index (κ2) is 7.20. The molecule has 4 aromatic rings. The lowest BCUT2D eigenvalue weighted by molar-refractivity contribution is 0.0947. The van der Waals surface area contributed by atoms with Crippen LogP contribution in [0.2, 0.25) is 0 Å². The molecule has 0 aliphatic carbocycles. The minimum Gasteiger partial charge on any atom is -0.494 e. The van der Waals surface area contributed by atoms with Crippen molar-refractivity contribution in [1.82, 2.24) is 10.3 Å². The summed E-state index contributed by atoms with van der Waals surface area (Å²) in [7, 11) is 1.37. The van der Waals surface area contributed by atoms with Crippen LogP contribution in [0.3, 0.4) is 0 Å². The summed E-state index contributed by atoms with van der Waals surface area (Å²) < 4.78 is 25.4. The molecule has 0 aliphatic heterocycles. The molecule has 2 aromatic carbocycles. The molecule has 5 nitrogen and oxygen atoms in total. The van der Waals surface area contributed by atoms with Crippen molar-refractivity contribution in [2.75, 3.05) is 7.11 Å². The number of para-hydroxylation sites is 1. The molecule has 4 rings (SSSR count). The fraction of sp³-hybridized carbons (Fsp3) is 0.100. The molecule has 0 saturated heterocycles. The Bertz CT molecular complexity index is 1090. The number of thiazole rings is 1. The first-order valence-electron chi connectivity index (χ1n) is 8.20. The molecular weight excluding hydrogens is 367 g/mol. The predicted octanol–water partition coefficient (Wildman–Crippen LogP) is 4.63. The van der Waals surface area contributed by atoms with Crippen LogP contribution >= 0.6 is 11.3 Å². The van der Waals surface area contributed by atoms with Crippen molar-refractivity contribution in [1.29, 1.82) is 0 Å². The lowest BCUT2D eigenvalue weighted by Gasteiger charge is -2.06. The van der Waals surface area contributed by atoms with Gasteiger partial charge >= 0.3 is 0 Å². The number of aromatic nitrogens is 1. The van der Waals surface area contributed by atoms with Crippen LogP contribution in [0.15, 0.2) is 59.0 Å². The molecular formula is C20H15FN2O3S. The van der Waals surface area contributed by atoms with Gasteiger partial charge in [-0.15, -0.1) is 11.3 Å². The smallest absolute Gasteiger partial charge is 0.251 e. The lowest BCUT2D eigenvalue weighted by Crippen LogP contribution is -2.22. The van der Waals surface area contributed by atoms with Gasteiger partial charge in [0.2, 0.25) is 0 Å². The van der Waals surface area contributed by atoms with E-state index in [0.717, 1.165) is 21.3 Å². The number of ether oxygens (including phenoxy) is 1. The Labute approximate surface area is 158 Å². The molecule has 0 radical (unpaired) electrons. The number of methoxy groups -OCH3 is 1. The molecule has 0 bridgehead atoms. The highest BCUT2D eigenvalue weighted by Gasteiger charge is 2.13. The largest absolute Gasteiger partial charge is 0.494 e. The van der Waals surface area contributed by atoms with Gasteiger partial charge in [0.1, 0.15) is 5.76 Å². The summed E-state index contributed by atoms with van der Waals surface area (Å²) in [5.74, 6) is 0.358. The van der Waals surface area contributed by atoms with Gasteiger partial charge in [-0.1, -0.05) is 12.1 Å². The van der Waals surface area contributed by atoms with E-state index in [1.54, 1.807) is 17.4 Å². The fourth-order valence-corrected chi connectivity index (χ4v) is 3.57. The number of rotatable bonds is 5. The highest BCUT2D eigenvalue weighted by atomic mass is 32.1. The van der Waals surface area contributed by atoms with E-state index in [9.17, 15) is 9.18 Å². The molecule has 136 valence electrons. The van der Waals surface area contributed by atoms with Gasteiger partial charge in [0.15, 0.2) is 22.3 Å². The van der Waals surface area contributed by atoms with Crippen LogP contribution in [0.1, 0.15) is 16.1 Å². The van der Waals surface area contributed by atoms with Crippen molar-refractivity contribution in [3.8, 4) is 16.5 Å². The van der Waals surface area contributed by atoms with E-state index in [-0.39, 0.29) is 17.9 Å². The van der Waals surface area contributed by atoms with Crippen molar-refractivity contribution in [2.45, 2.75) is 6.54 Å². The molecule has 0 aliphatic rings. The minimum atomic E-state index is -0.582. The first-order valence-corrected chi connectivity index (χ1v) is 9.02. The highest BCUT2D eigenvalue weighted by molar-refractivity contribution is 7.21. The van der Waals surface area contributed by atoms with Gasteiger partial charge in [0.25, 0.3) is 5.91 Å². The highest BCUT2D eigenvalue weighted by Crippen LogP contribution is 2.31. The van der Waals surface area contributed by atoms with Crippen LogP contribution in [0.5, 0.6) is 5.75 Å². The van der Waals surface area contributed by atoms with Gasteiger partial charge in [-0.2, -0.15) is 0 Å². The Kier molecular flexibility index (Phi) is 4.60. The number of hydrogen-bond donors (Lipinski definition) is 1. The van der Waals surface area contributed by atoms with Gasteiger partial charge in [-0.3, -0.25) is 4.79 Å². The van der Waals surface area contributed by atoms with E-state index in [0.29, 0.717) is 11.5 Å². The van der Waals surface area contributed by atoms with Gasteiger partial charge in [-0.05, 0) is 42.5 Å². The van der Waals surface area contributed by atoms with E-state index in [1.807, 2.05) is 30.3 Å². The van der Waals surface area contributed by atoms with E-state index < -0.39 is 11.7 Å². The lowest BCUT2D eigenvalue weighted by atomic mass is 10.2. The molecule has 2 aromatic heterocycles. The summed E-state index contributed by atoms with van der Waals surface area (Å²) in [4.78, 5) is 16.7. The summed E-state index contributed by atoms with van der Waals surface area (Å²) in [5, 5.41) is 3.50. The second-order valence-corrected chi connectivity index (χ2v) is 6.82. The molecule has 0 fully saturated rings. The average molecular weight is 382 g/mol. The predicted molar refractivity (Wildman–Crippen MR) is 101 cm³/mol. The molecule has 1 N–H and O–H groups in total. The summed E-state index contributed by atoms with van der Waals surface area (Å²) in [5.41, 5.74) is 1.14. The summed E-state index contributed by atoms with van der Waals surface area (Å²) in [6.07, 6.45) is 0. The first-order chi connectivity index (χ1) is 13.1. The number of halogens is 1. The van der Waals surface area contributed by atoms with Gasteiger partial charge in [0.05, 0.1) is 23.9 Å². The zero-order valence-electron chi connectivity index (χ0n) is 14.4. The van der Waals surface area contributed by atoms with Crippen LogP contribution in [0, 0.1) is 5.82 Å². The zero-order valence-corrected chi connectivity index (χ0v) is 15.2. The molecule has 7 heteroatoms. The van der Waals surface area contributed by atoms with Gasteiger partial charge in [-0.25, -0.2) is 9.37 Å². The molecule has 0 saturated carbocycles. The number of furan rings is 1. The van der Waals surface area contributed by atoms with Crippen molar-refractivity contribution < 1.29 is 18.3 Å².